The Morgan fingerprint density at radius 3 is 2.65 bits per heavy atom. The first-order valence-corrected chi connectivity index (χ1v) is 8.71. The summed E-state index contributed by atoms with van der Waals surface area (Å²) >= 11 is 4.27. The first kappa shape index (κ1) is 15.4. The number of rotatable bonds is 9. The lowest BCUT2D eigenvalue weighted by atomic mass is 10.0. The van der Waals surface area contributed by atoms with Crippen molar-refractivity contribution in [3.05, 3.63) is 19.9 Å². The lowest BCUT2D eigenvalue weighted by molar-refractivity contribution is 0.471. The van der Waals surface area contributed by atoms with E-state index < -0.39 is 0 Å². The second-order valence-electron chi connectivity index (χ2n) is 4.54. The van der Waals surface area contributed by atoms with Crippen LogP contribution in [0.4, 0.5) is 0 Å². The molecule has 0 aromatic carbocycles. The molecule has 0 fully saturated rings. The van der Waals surface area contributed by atoms with Crippen LogP contribution in [0.25, 0.3) is 0 Å². The minimum Gasteiger partial charge on any atom is -0.310 e. The van der Waals surface area contributed by atoms with Gasteiger partial charge < -0.3 is 5.32 Å². The molecule has 1 aromatic rings. The highest BCUT2D eigenvalue weighted by molar-refractivity contribution is 14.1. The van der Waals surface area contributed by atoms with Crippen LogP contribution in [0.1, 0.15) is 64.0 Å². The van der Waals surface area contributed by atoms with E-state index in [4.69, 9.17) is 0 Å². The van der Waals surface area contributed by atoms with Crippen LogP contribution in [0, 0.1) is 2.88 Å². The van der Waals surface area contributed by atoms with Crippen LogP contribution < -0.4 is 5.32 Å². The van der Waals surface area contributed by atoms with E-state index in [0.717, 1.165) is 6.54 Å². The predicted octanol–water partition coefficient (Wildman–Crippen LogP) is 5.36. The minimum absolute atomic E-state index is 0.576. The number of unbranched alkanes of at least 4 members (excludes halogenated alkanes) is 3. The highest BCUT2D eigenvalue weighted by Gasteiger charge is 2.11. The average Bonchev–Trinajstić information content (AvgIpc) is 2.75. The van der Waals surface area contributed by atoms with Crippen LogP contribution in [-0.2, 0) is 0 Å². The van der Waals surface area contributed by atoms with E-state index in [9.17, 15) is 0 Å². The van der Waals surface area contributed by atoms with Gasteiger partial charge in [-0.3, -0.25) is 0 Å². The van der Waals surface area contributed by atoms with Crippen molar-refractivity contribution < 1.29 is 0 Å². The van der Waals surface area contributed by atoms with E-state index >= 15 is 0 Å². The molecule has 0 amide bonds. The number of nitrogens with one attached hydrogen (secondary N) is 1. The highest BCUT2D eigenvalue weighted by atomic mass is 127. The summed E-state index contributed by atoms with van der Waals surface area (Å²) in [6.45, 7) is 5.64. The predicted molar refractivity (Wildman–Crippen MR) is 86.8 cm³/mol. The summed E-state index contributed by atoms with van der Waals surface area (Å²) in [4.78, 5) is 0. The van der Waals surface area contributed by atoms with Gasteiger partial charge in [0, 0.05) is 6.04 Å². The Kier molecular flexibility index (Phi) is 8.48. The molecule has 0 saturated heterocycles. The summed E-state index contributed by atoms with van der Waals surface area (Å²) in [5.41, 5.74) is 1.49. The Bertz CT molecular complexity index is 298. The average molecular weight is 365 g/mol. The fourth-order valence-electron chi connectivity index (χ4n) is 1.99. The fourth-order valence-corrected chi connectivity index (χ4v) is 3.41. The third kappa shape index (κ3) is 6.20. The van der Waals surface area contributed by atoms with E-state index in [2.05, 4.69) is 53.2 Å². The first-order chi connectivity index (χ1) is 8.27. The molecule has 1 atom stereocenters. The van der Waals surface area contributed by atoms with Crippen molar-refractivity contribution in [1.82, 2.24) is 5.32 Å². The summed E-state index contributed by atoms with van der Waals surface area (Å²) < 4.78 is 1.40. The number of halogens is 1. The second kappa shape index (κ2) is 9.34. The summed E-state index contributed by atoms with van der Waals surface area (Å²) in [6, 6.07) is 2.91. The van der Waals surface area contributed by atoms with Crippen molar-refractivity contribution in [1.29, 1.82) is 0 Å². The lowest BCUT2D eigenvalue weighted by Crippen LogP contribution is -2.21. The Morgan fingerprint density at radius 1 is 1.24 bits per heavy atom. The van der Waals surface area contributed by atoms with E-state index in [-0.39, 0.29) is 0 Å². The van der Waals surface area contributed by atoms with Gasteiger partial charge in [-0.05, 0) is 59.0 Å². The van der Waals surface area contributed by atoms with Crippen molar-refractivity contribution in [2.45, 2.75) is 58.4 Å². The molecular weight excluding hydrogens is 341 g/mol. The smallest absolute Gasteiger partial charge is 0.0656 e. The first-order valence-electron chi connectivity index (χ1n) is 6.75. The van der Waals surface area contributed by atoms with Gasteiger partial charge in [-0.15, -0.1) is 11.3 Å². The summed E-state index contributed by atoms with van der Waals surface area (Å²) in [5.74, 6) is 0. The van der Waals surface area contributed by atoms with Crippen LogP contribution in [0.3, 0.4) is 0 Å². The topological polar surface area (TPSA) is 12.0 Å². The maximum Gasteiger partial charge on any atom is 0.0656 e. The number of hydrogen-bond acceptors (Lipinski definition) is 2. The molecular formula is C14H24INS. The van der Waals surface area contributed by atoms with Gasteiger partial charge in [-0.25, -0.2) is 0 Å². The zero-order chi connectivity index (χ0) is 12.5. The van der Waals surface area contributed by atoms with Crippen molar-refractivity contribution >= 4 is 33.9 Å². The molecule has 1 unspecified atom stereocenters. The quantitative estimate of drug-likeness (QED) is 0.459. The molecule has 0 bridgehead atoms. The van der Waals surface area contributed by atoms with Gasteiger partial charge in [-0.2, -0.15) is 0 Å². The van der Waals surface area contributed by atoms with Gasteiger partial charge in [0.2, 0.25) is 0 Å². The van der Waals surface area contributed by atoms with E-state index in [0.29, 0.717) is 6.04 Å². The van der Waals surface area contributed by atoms with E-state index in [1.807, 2.05) is 11.3 Å². The van der Waals surface area contributed by atoms with Crippen LogP contribution in [0.15, 0.2) is 11.4 Å². The summed E-state index contributed by atoms with van der Waals surface area (Å²) in [7, 11) is 0. The monoisotopic (exact) mass is 365 g/mol. The lowest BCUT2D eigenvalue weighted by Gasteiger charge is -2.17. The molecule has 1 aromatic heterocycles. The molecule has 1 nitrogen and oxygen atoms in total. The van der Waals surface area contributed by atoms with Crippen molar-refractivity contribution in [3.8, 4) is 0 Å². The van der Waals surface area contributed by atoms with Crippen molar-refractivity contribution in [3.63, 3.8) is 0 Å². The van der Waals surface area contributed by atoms with Gasteiger partial charge in [-0.1, -0.05) is 39.5 Å². The molecule has 98 valence electrons. The summed E-state index contributed by atoms with van der Waals surface area (Å²) in [5, 5.41) is 5.99. The largest absolute Gasteiger partial charge is 0.310 e. The molecule has 17 heavy (non-hydrogen) atoms. The van der Waals surface area contributed by atoms with Gasteiger partial charge in [0.15, 0.2) is 0 Å². The molecule has 0 spiro atoms. The SMILES string of the molecule is CCCCCCC(NCCC)c1csc(I)c1. The normalized spacial score (nSPS) is 12.9. The summed E-state index contributed by atoms with van der Waals surface area (Å²) in [6.07, 6.45) is 7.92. The maximum atomic E-state index is 3.68. The molecule has 1 N–H and O–H groups in total. The van der Waals surface area contributed by atoms with Gasteiger partial charge in [0.05, 0.1) is 2.88 Å². The Morgan fingerprint density at radius 2 is 2.06 bits per heavy atom. The number of thiophene rings is 1. The molecule has 3 heteroatoms. The van der Waals surface area contributed by atoms with Gasteiger partial charge >= 0.3 is 0 Å². The molecule has 1 heterocycles. The van der Waals surface area contributed by atoms with Crippen LogP contribution in [0.2, 0.25) is 0 Å². The minimum atomic E-state index is 0.576. The van der Waals surface area contributed by atoms with Crippen LogP contribution in [-0.4, -0.2) is 6.54 Å². The third-order valence-electron chi connectivity index (χ3n) is 2.98. The maximum absolute atomic E-state index is 3.68. The number of hydrogen-bond donors (Lipinski definition) is 1. The van der Waals surface area contributed by atoms with Crippen LogP contribution >= 0.6 is 33.9 Å². The van der Waals surface area contributed by atoms with Crippen molar-refractivity contribution in [2.24, 2.45) is 0 Å². The molecule has 0 radical (unpaired) electrons. The zero-order valence-electron chi connectivity index (χ0n) is 11.0. The highest BCUT2D eigenvalue weighted by Crippen LogP contribution is 2.26. The van der Waals surface area contributed by atoms with Gasteiger partial charge in [0.25, 0.3) is 0 Å². The Hall–Kier alpha value is 0.390. The molecule has 0 aliphatic carbocycles. The second-order valence-corrected chi connectivity index (χ2v) is 7.35. The zero-order valence-corrected chi connectivity index (χ0v) is 13.9. The van der Waals surface area contributed by atoms with E-state index in [1.165, 1.54) is 47.0 Å². The molecule has 0 aliphatic heterocycles. The Labute approximate surface area is 124 Å². The molecule has 0 aliphatic rings. The molecule has 0 saturated carbocycles. The van der Waals surface area contributed by atoms with Crippen LogP contribution in [0.5, 0.6) is 0 Å². The standard InChI is InChI=1S/C14H24INS/c1-3-5-6-7-8-13(16-9-4-2)12-10-14(15)17-11-12/h10-11,13,16H,3-9H2,1-2H3. The van der Waals surface area contributed by atoms with E-state index in [1.54, 1.807) is 0 Å². The fraction of sp³-hybridized carbons (Fsp3) is 0.714. The van der Waals surface area contributed by atoms with Crippen molar-refractivity contribution in [2.75, 3.05) is 6.54 Å². The molecule has 1 rings (SSSR count). The van der Waals surface area contributed by atoms with Gasteiger partial charge in [0.1, 0.15) is 0 Å². The third-order valence-corrected chi connectivity index (χ3v) is 4.78. The Balaban J connectivity index is 2.42.